The van der Waals surface area contributed by atoms with Crippen molar-refractivity contribution >= 4 is 27.5 Å². The zero-order valence-electron chi connectivity index (χ0n) is 11.3. The summed E-state index contributed by atoms with van der Waals surface area (Å²) in [6.45, 7) is 10.6. The van der Waals surface area contributed by atoms with E-state index in [-0.39, 0.29) is 20.5 Å². The van der Waals surface area contributed by atoms with Crippen molar-refractivity contribution in [2.24, 2.45) is 10.8 Å². The number of halogens is 2. The van der Waals surface area contributed by atoms with Crippen LogP contribution < -0.4 is 0 Å². The average molecular weight is 334 g/mol. The fourth-order valence-electron chi connectivity index (χ4n) is 3.67. The van der Waals surface area contributed by atoms with E-state index in [0.29, 0.717) is 6.42 Å². The van der Waals surface area contributed by atoms with Gasteiger partial charge in [0.1, 0.15) is 0 Å². The third-order valence-corrected chi connectivity index (χ3v) is 7.01. The van der Waals surface area contributed by atoms with Gasteiger partial charge >= 0.3 is 0 Å². The van der Waals surface area contributed by atoms with Gasteiger partial charge in [-0.05, 0) is 31.6 Å². The first-order chi connectivity index (χ1) is 8.13. The molecule has 4 atom stereocenters. The van der Waals surface area contributed by atoms with Crippen LogP contribution in [-0.4, -0.2) is 20.9 Å². The molecule has 0 aromatic heterocycles. The standard InChI is InChI=1S/C15H22BrClO/c1-10-6-5-7-13(2,3)15(10)8-11(16)14(4,17)9-12(15)18/h5,7,11-12,18H,1,6,8-9H2,2-4H3/t11-,12-,14+,15-/m0/s1. The minimum absolute atomic E-state index is 0.0822. The van der Waals surface area contributed by atoms with Gasteiger partial charge in [0.15, 0.2) is 0 Å². The molecule has 2 aliphatic rings. The summed E-state index contributed by atoms with van der Waals surface area (Å²) in [4.78, 5) is -0.195. The maximum Gasteiger partial charge on any atom is 0.0659 e. The summed E-state index contributed by atoms with van der Waals surface area (Å²) in [7, 11) is 0. The van der Waals surface area contributed by atoms with Gasteiger partial charge in [-0.3, -0.25) is 0 Å². The molecular formula is C15H22BrClO. The molecule has 0 amide bonds. The van der Waals surface area contributed by atoms with Crippen molar-refractivity contribution in [3.05, 3.63) is 24.3 Å². The van der Waals surface area contributed by atoms with Gasteiger partial charge in [-0.25, -0.2) is 0 Å². The van der Waals surface area contributed by atoms with E-state index in [1.54, 1.807) is 0 Å². The molecule has 0 bridgehead atoms. The maximum absolute atomic E-state index is 10.7. The van der Waals surface area contributed by atoms with E-state index in [0.717, 1.165) is 18.4 Å². The number of aliphatic hydroxyl groups is 1. The van der Waals surface area contributed by atoms with Crippen LogP contribution in [0.3, 0.4) is 0 Å². The normalized spacial score (nSPS) is 47.6. The summed E-state index contributed by atoms with van der Waals surface area (Å²) in [5, 5.41) is 10.7. The molecule has 1 N–H and O–H groups in total. The molecule has 1 spiro atoms. The Labute approximate surface area is 123 Å². The number of alkyl halides is 2. The third-order valence-electron chi connectivity index (χ3n) is 5.00. The first-order valence-electron chi connectivity index (χ1n) is 6.50. The smallest absolute Gasteiger partial charge is 0.0659 e. The van der Waals surface area contributed by atoms with E-state index >= 15 is 0 Å². The predicted molar refractivity (Wildman–Crippen MR) is 81.3 cm³/mol. The van der Waals surface area contributed by atoms with Gasteiger partial charge in [-0.1, -0.05) is 54.1 Å². The van der Waals surface area contributed by atoms with Crippen molar-refractivity contribution in [2.75, 3.05) is 0 Å². The van der Waals surface area contributed by atoms with Crippen LogP contribution in [-0.2, 0) is 0 Å². The molecule has 2 aliphatic carbocycles. The molecule has 0 radical (unpaired) electrons. The molecule has 0 aliphatic heterocycles. The first kappa shape index (κ1) is 14.6. The zero-order valence-corrected chi connectivity index (χ0v) is 13.7. The van der Waals surface area contributed by atoms with Gasteiger partial charge in [0.05, 0.1) is 11.0 Å². The van der Waals surface area contributed by atoms with E-state index in [2.05, 4.69) is 48.5 Å². The summed E-state index contributed by atoms with van der Waals surface area (Å²) in [5.74, 6) is 0. The first-order valence-corrected chi connectivity index (χ1v) is 7.80. The second kappa shape index (κ2) is 4.36. The number of hydrogen-bond acceptors (Lipinski definition) is 1. The fraction of sp³-hybridized carbons (Fsp3) is 0.733. The Hall–Kier alpha value is 0.210. The summed E-state index contributed by atoms with van der Waals surface area (Å²) >= 11 is 10.2. The molecule has 1 saturated carbocycles. The molecule has 2 rings (SSSR count). The number of rotatable bonds is 0. The number of allylic oxidation sites excluding steroid dienone is 2. The van der Waals surface area contributed by atoms with Crippen molar-refractivity contribution in [3.63, 3.8) is 0 Å². The highest BCUT2D eigenvalue weighted by Gasteiger charge is 2.58. The molecule has 0 aromatic carbocycles. The van der Waals surface area contributed by atoms with Crippen LogP contribution in [0.2, 0.25) is 0 Å². The summed E-state index contributed by atoms with van der Waals surface area (Å²) in [6, 6.07) is 0. The highest BCUT2D eigenvalue weighted by atomic mass is 79.9. The van der Waals surface area contributed by atoms with E-state index in [9.17, 15) is 5.11 Å². The van der Waals surface area contributed by atoms with Crippen molar-refractivity contribution in [2.45, 2.75) is 55.8 Å². The second-order valence-electron chi connectivity index (χ2n) is 6.57. The van der Waals surface area contributed by atoms with Crippen molar-refractivity contribution in [1.29, 1.82) is 0 Å². The van der Waals surface area contributed by atoms with Crippen LogP contribution in [0.4, 0.5) is 0 Å². The van der Waals surface area contributed by atoms with Crippen LogP contribution in [0, 0.1) is 10.8 Å². The Balaban J connectivity index is 2.47. The van der Waals surface area contributed by atoms with E-state index < -0.39 is 6.10 Å². The Kier molecular flexibility index (Phi) is 3.54. The lowest BCUT2D eigenvalue weighted by Crippen LogP contribution is -2.58. The molecule has 0 unspecified atom stereocenters. The van der Waals surface area contributed by atoms with Crippen molar-refractivity contribution in [1.82, 2.24) is 0 Å². The van der Waals surface area contributed by atoms with Crippen LogP contribution in [0.15, 0.2) is 24.3 Å². The van der Waals surface area contributed by atoms with Gasteiger partial charge in [0.25, 0.3) is 0 Å². The second-order valence-corrected chi connectivity index (χ2v) is 8.54. The van der Waals surface area contributed by atoms with E-state index in [1.165, 1.54) is 0 Å². The molecule has 0 heterocycles. The topological polar surface area (TPSA) is 20.2 Å². The number of aliphatic hydroxyl groups excluding tert-OH is 1. The van der Waals surface area contributed by atoms with Crippen molar-refractivity contribution < 1.29 is 5.11 Å². The summed E-state index contributed by atoms with van der Waals surface area (Å²) < 4.78 is 0. The number of hydrogen-bond donors (Lipinski definition) is 1. The summed E-state index contributed by atoms with van der Waals surface area (Å²) in [5.41, 5.74) is 0.796. The van der Waals surface area contributed by atoms with Gasteiger partial charge in [0.2, 0.25) is 0 Å². The van der Waals surface area contributed by atoms with Crippen LogP contribution >= 0.6 is 27.5 Å². The van der Waals surface area contributed by atoms with Gasteiger partial charge in [-0.15, -0.1) is 11.6 Å². The van der Waals surface area contributed by atoms with E-state index in [4.69, 9.17) is 11.6 Å². The third kappa shape index (κ3) is 1.92. The lowest BCUT2D eigenvalue weighted by Gasteiger charge is -2.58. The lowest BCUT2D eigenvalue weighted by atomic mass is 9.50. The predicted octanol–water partition coefficient (Wildman–Crippen LogP) is 4.43. The molecule has 0 aromatic rings. The Morgan fingerprint density at radius 2 is 2.00 bits per heavy atom. The molecule has 18 heavy (non-hydrogen) atoms. The van der Waals surface area contributed by atoms with Gasteiger partial charge in [-0.2, -0.15) is 0 Å². The van der Waals surface area contributed by atoms with Crippen LogP contribution in [0.5, 0.6) is 0 Å². The zero-order chi connectivity index (χ0) is 13.8. The SMILES string of the molecule is C=C1CC=CC(C)(C)[C@@]12C[C@H](Br)[C@](C)(Cl)C[C@@H]2O. The van der Waals surface area contributed by atoms with Crippen molar-refractivity contribution in [3.8, 4) is 0 Å². The monoisotopic (exact) mass is 332 g/mol. The van der Waals surface area contributed by atoms with Gasteiger partial charge in [0, 0.05) is 10.2 Å². The average Bonchev–Trinajstić information content (AvgIpc) is 2.20. The highest BCUT2D eigenvalue weighted by molar-refractivity contribution is 9.09. The maximum atomic E-state index is 10.7. The minimum Gasteiger partial charge on any atom is -0.392 e. The largest absolute Gasteiger partial charge is 0.392 e. The quantitative estimate of drug-likeness (QED) is 0.513. The minimum atomic E-state index is -0.429. The lowest BCUT2D eigenvalue weighted by molar-refractivity contribution is -0.0540. The van der Waals surface area contributed by atoms with Crippen LogP contribution in [0.1, 0.15) is 40.0 Å². The molecule has 1 nitrogen and oxygen atoms in total. The molecule has 3 heteroatoms. The fourth-order valence-corrected chi connectivity index (χ4v) is 4.59. The van der Waals surface area contributed by atoms with Crippen LogP contribution in [0.25, 0.3) is 0 Å². The Bertz CT molecular complexity index is 399. The molecule has 0 saturated heterocycles. The van der Waals surface area contributed by atoms with E-state index in [1.807, 2.05) is 6.92 Å². The highest BCUT2D eigenvalue weighted by Crippen LogP contribution is 2.61. The van der Waals surface area contributed by atoms with Gasteiger partial charge < -0.3 is 5.11 Å². The Morgan fingerprint density at radius 1 is 1.39 bits per heavy atom. The molecule has 1 fully saturated rings. The summed E-state index contributed by atoms with van der Waals surface area (Å²) in [6.07, 6.45) is 6.25. The molecule has 102 valence electrons. The molecular weight excluding hydrogens is 312 g/mol. The Morgan fingerprint density at radius 3 is 2.56 bits per heavy atom.